The van der Waals surface area contributed by atoms with E-state index in [9.17, 15) is 9.59 Å². The summed E-state index contributed by atoms with van der Waals surface area (Å²) in [6.45, 7) is 1.40. The van der Waals surface area contributed by atoms with Gasteiger partial charge in [0.2, 0.25) is 0 Å². The second-order valence-corrected chi connectivity index (χ2v) is 6.17. The molecule has 1 aliphatic heterocycles. The first kappa shape index (κ1) is 17.4. The number of halogens is 1. The van der Waals surface area contributed by atoms with Crippen LogP contribution in [0.1, 0.15) is 23.2 Å². The zero-order chi connectivity index (χ0) is 16.7. The Hall–Kier alpha value is -2.38. The summed E-state index contributed by atoms with van der Waals surface area (Å²) in [7, 11) is 1.91. The van der Waals surface area contributed by atoms with E-state index < -0.39 is 0 Å². The van der Waals surface area contributed by atoms with Crippen LogP contribution in [0.25, 0.3) is 16.6 Å². The Morgan fingerprint density at radius 1 is 1.36 bits per heavy atom. The fourth-order valence-electron chi connectivity index (χ4n) is 3.40. The highest BCUT2D eigenvalue weighted by Crippen LogP contribution is 2.18. The van der Waals surface area contributed by atoms with Crippen molar-refractivity contribution in [1.29, 1.82) is 0 Å². The highest BCUT2D eigenvalue weighted by Gasteiger charge is 2.26. The van der Waals surface area contributed by atoms with Gasteiger partial charge in [0.25, 0.3) is 11.5 Å². The first-order chi connectivity index (χ1) is 11.7. The fourth-order valence-corrected chi connectivity index (χ4v) is 3.40. The summed E-state index contributed by atoms with van der Waals surface area (Å²) in [6, 6.07) is 7.55. The predicted octanol–water partition coefficient (Wildman–Crippen LogP) is 1.42. The van der Waals surface area contributed by atoms with Gasteiger partial charge >= 0.3 is 0 Å². The number of benzene rings is 1. The highest BCUT2D eigenvalue weighted by atomic mass is 35.5. The minimum Gasteiger partial charge on any atom is -0.337 e. The zero-order valence-corrected chi connectivity index (χ0v) is 14.7. The van der Waals surface area contributed by atoms with Gasteiger partial charge in [-0.2, -0.15) is 5.10 Å². The molecule has 4 rings (SSSR count). The molecular weight excluding hydrogens is 342 g/mol. The van der Waals surface area contributed by atoms with Gasteiger partial charge in [-0.3, -0.25) is 9.59 Å². The molecule has 0 aliphatic carbocycles. The maximum absolute atomic E-state index is 12.9. The molecule has 1 fully saturated rings. The third-order valence-electron chi connectivity index (χ3n) is 4.73. The molecule has 1 saturated heterocycles. The number of aromatic amines is 1. The molecule has 0 spiro atoms. The maximum Gasteiger partial charge on any atom is 0.259 e. The molecule has 2 N–H and O–H groups in total. The molecule has 3 aromatic rings. The normalized spacial score (nSPS) is 17.6. The number of piperidine rings is 1. The Kier molecular flexibility index (Phi) is 4.78. The number of aromatic nitrogens is 3. The first-order valence-electron chi connectivity index (χ1n) is 8.14. The number of rotatable bonds is 2. The van der Waals surface area contributed by atoms with Crippen LogP contribution in [0.5, 0.6) is 0 Å². The van der Waals surface area contributed by atoms with Crippen molar-refractivity contribution in [2.45, 2.75) is 18.9 Å². The van der Waals surface area contributed by atoms with Gasteiger partial charge in [-0.25, -0.2) is 4.52 Å². The lowest BCUT2D eigenvalue weighted by molar-refractivity contribution is 0.0700. The number of hydrogen-bond acceptors (Lipinski definition) is 4. The van der Waals surface area contributed by atoms with Crippen LogP contribution in [0.2, 0.25) is 0 Å². The molecule has 1 unspecified atom stereocenters. The first-order valence-corrected chi connectivity index (χ1v) is 8.14. The molecule has 1 amide bonds. The van der Waals surface area contributed by atoms with Crippen LogP contribution in [0.3, 0.4) is 0 Å². The molecule has 2 aromatic heterocycles. The van der Waals surface area contributed by atoms with E-state index in [0.717, 1.165) is 19.4 Å². The molecule has 8 heteroatoms. The molecular formula is C17H20ClN5O2. The number of para-hydroxylation sites is 1. The number of hydrogen-bond donors (Lipinski definition) is 2. The Balaban J connectivity index is 0.00000182. The van der Waals surface area contributed by atoms with Crippen LogP contribution in [0.4, 0.5) is 0 Å². The lowest BCUT2D eigenvalue weighted by Gasteiger charge is -2.32. The highest BCUT2D eigenvalue weighted by molar-refractivity contribution is 6.00. The van der Waals surface area contributed by atoms with Gasteiger partial charge in [0.1, 0.15) is 11.2 Å². The Morgan fingerprint density at radius 2 is 2.16 bits per heavy atom. The molecule has 0 radical (unpaired) electrons. The van der Waals surface area contributed by atoms with Crippen molar-refractivity contribution in [2.24, 2.45) is 0 Å². The Bertz CT molecular complexity index is 980. The SMILES string of the molecule is CNC1CCCN(C(=O)c2cnn3c2[nH]c(=O)c2ccccc23)C1.Cl. The molecule has 3 heterocycles. The van der Waals surface area contributed by atoms with E-state index in [1.54, 1.807) is 16.8 Å². The number of amides is 1. The monoisotopic (exact) mass is 361 g/mol. The number of carbonyl (C=O) groups excluding carboxylic acids is 1. The van der Waals surface area contributed by atoms with Crippen molar-refractivity contribution in [1.82, 2.24) is 24.8 Å². The van der Waals surface area contributed by atoms with Crippen LogP contribution >= 0.6 is 12.4 Å². The summed E-state index contributed by atoms with van der Waals surface area (Å²) in [5.74, 6) is -0.0871. The third kappa shape index (κ3) is 2.89. The lowest BCUT2D eigenvalue weighted by atomic mass is 10.1. The van der Waals surface area contributed by atoms with E-state index in [-0.39, 0.29) is 23.9 Å². The van der Waals surface area contributed by atoms with E-state index in [1.807, 2.05) is 30.1 Å². The average Bonchev–Trinajstić information content (AvgIpc) is 3.05. The van der Waals surface area contributed by atoms with Crippen LogP contribution in [0, 0.1) is 0 Å². The van der Waals surface area contributed by atoms with Crippen LogP contribution in [-0.2, 0) is 0 Å². The third-order valence-corrected chi connectivity index (χ3v) is 4.73. The second kappa shape index (κ2) is 6.85. The Morgan fingerprint density at radius 3 is 2.96 bits per heavy atom. The topological polar surface area (TPSA) is 82.5 Å². The predicted molar refractivity (Wildman–Crippen MR) is 98.6 cm³/mol. The zero-order valence-electron chi connectivity index (χ0n) is 13.9. The van der Waals surface area contributed by atoms with E-state index in [2.05, 4.69) is 15.4 Å². The van der Waals surface area contributed by atoms with Crippen molar-refractivity contribution >= 4 is 34.9 Å². The van der Waals surface area contributed by atoms with Gasteiger partial charge in [-0.15, -0.1) is 12.4 Å². The van der Waals surface area contributed by atoms with E-state index in [4.69, 9.17) is 0 Å². The number of carbonyl (C=O) groups is 1. The largest absolute Gasteiger partial charge is 0.337 e. The molecule has 1 atom stereocenters. The molecule has 132 valence electrons. The fraction of sp³-hybridized carbons (Fsp3) is 0.353. The van der Waals surface area contributed by atoms with Gasteiger partial charge in [0.15, 0.2) is 0 Å². The number of likely N-dealkylation sites (N-methyl/N-ethyl adjacent to an activating group) is 1. The van der Waals surface area contributed by atoms with Crippen molar-refractivity contribution in [3.63, 3.8) is 0 Å². The van der Waals surface area contributed by atoms with Crippen molar-refractivity contribution in [2.75, 3.05) is 20.1 Å². The van der Waals surface area contributed by atoms with E-state index in [0.29, 0.717) is 34.7 Å². The smallest absolute Gasteiger partial charge is 0.259 e. The van der Waals surface area contributed by atoms with Crippen LogP contribution in [-0.4, -0.2) is 51.6 Å². The quantitative estimate of drug-likeness (QED) is 0.723. The van der Waals surface area contributed by atoms with Crippen molar-refractivity contribution < 1.29 is 4.79 Å². The molecule has 1 aliphatic rings. The maximum atomic E-state index is 12.9. The van der Waals surface area contributed by atoms with Crippen molar-refractivity contribution in [3.8, 4) is 0 Å². The van der Waals surface area contributed by atoms with E-state index >= 15 is 0 Å². The van der Waals surface area contributed by atoms with E-state index in [1.165, 1.54) is 0 Å². The molecule has 1 aromatic carbocycles. The number of H-pyrrole nitrogens is 1. The number of nitrogens with one attached hydrogen (secondary N) is 2. The number of nitrogens with zero attached hydrogens (tertiary/aromatic N) is 3. The summed E-state index contributed by atoms with van der Waals surface area (Å²) in [6.07, 6.45) is 3.58. The second-order valence-electron chi connectivity index (χ2n) is 6.17. The molecule has 0 saturated carbocycles. The summed E-state index contributed by atoms with van der Waals surface area (Å²) in [4.78, 5) is 29.9. The minimum atomic E-state index is -0.209. The van der Waals surface area contributed by atoms with Crippen molar-refractivity contribution in [3.05, 3.63) is 46.4 Å². The molecule has 7 nitrogen and oxygen atoms in total. The summed E-state index contributed by atoms with van der Waals surface area (Å²) >= 11 is 0. The van der Waals surface area contributed by atoms with Gasteiger partial charge < -0.3 is 15.2 Å². The van der Waals surface area contributed by atoms with Gasteiger partial charge in [0.05, 0.1) is 17.1 Å². The lowest BCUT2D eigenvalue weighted by Crippen LogP contribution is -2.47. The van der Waals surface area contributed by atoms with Gasteiger partial charge in [0, 0.05) is 19.1 Å². The summed E-state index contributed by atoms with van der Waals surface area (Å²) < 4.78 is 1.63. The average molecular weight is 362 g/mol. The summed E-state index contributed by atoms with van der Waals surface area (Å²) in [5, 5.41) is 8.11. The molecule has 0 bridgehead atoms. The van der Waals surface area contributed by atoms with Crippen LogP contribution < -0.4 is 10.9 Å². The van der Waals surface area contributed by atoms with Gasteiger partial charge in [-0.1, -0.05) is 12.1 Å². The standard InChI is InChI=1S/C17H19N5O2.ClH/c1-18-11-5-4-8-21(10-11)17(24)13-9-19-22-14-7-3-2-6-12(14)16(23)20-15(13)22;/h2-3,6-7,9,11,18H,4-5,8,10H2,1H3,(H,20,23);1H. The summed E-state index contributed by atoms with van der Waals surface area (Å²) in [5.41, 5.74) is 1.38. The molecule has 25 heavy (non-hydrogen) atoms. The van der Waals surface area contributed by atoms with Gasteiger partial charge in [-0.05, 0) is 32.0 Å². The number of fused-ring (bicyclic) bond motifs is 3. The Labute approximate surface area is 150 Å². The number of likely N-dealkylation sites (tertiary alicyclic amines) is 1. The minimum absolute atomic E-state index is 0. The van der Waals surface area contributed by atoms with Crippen LogP contribution in [0.15, 0.2) is 35.3 Å².